The van der Waals surface area contributed by atoms with Gasteiger partial charge in [-0.25, -0.2) is 10.0 Å². The Morgan fingerprint density at radius 3 is 1.91 bits per heavy atom. The molecule has 5 aromatic rings. The zero-order valence-electron chi connectivity index (χ0n) is 25.8. The molecule has 45 heavy (non-hydrogen) atoms. The molecule has 6 heteroatoms. The quantitative estimate of drug-likeness (QED) is 0.187. The van der Waals surface area contributed by atoms with E-state index in [-0.39, 0.29) is 11.2 Å². The lowest BCUT2D eigenvalue weighted by Crippen LogP contribution is -2.54. The van der Waals surface area contributed by atoms with Gasteiger partial charge in [0.25, 0.3) is 0 Å². The highest BCUT2D eigenvalue weighted by Crippen LogP contribution is 2.55. The maximum Gasteiger partial charge on any atom is 0.234 e. The Hall–Kier alpha value is -4.94. The number of thioether (sulfide) groups is 1. The first-order valence-electron chi connectivity index (χ1n) is 15.1. The molecule has 0 saturated carbocycles. The summed E-state index contributed by atoms with van der Waals surface area (Å²) in [6.45, 7) is 8.74. The van der Waals surface area contributed by atoms with Crippen LogP contribution < -0.4 is 10.0 Å². The van der Waals surface area contributed by atoms with Crippen molar-refractivity contribution in [3.05, 3.63) is 167 Å². The Morgan fingerprint density at radius 1 is 0.667 bits per heavy atom. The standard InChI is InChI=1S/C39H34N4OS/c1-27-19-25-32(26-20-27)43-39(45-37(41-43)36(44)29-13-7-5-8-14-29)34-18-12-11-17-33(34)35(40-42(39)31-15-9-6-10-16-31)28-21-23-30(24-22-28)38(2,3)4/h5-26H,1-4H3/t39-/m1/s1. The van der Waals surface area contributed by atoms with E-state index in [2.05, 4.69) is 113 Å². The van der Waals surface area contributed by atoms with Gasteiger partial charge in [0, 0.05) is 22.3 Å². The van der Waals surface area contributed by atoms with Crippen LogP contribution in [0.2, 0.25) is 0 Å². The molecule has 2 heterocycles. The fourth-order valence-corrected chi connectivity index (χ4v) is 7.19. The highest BCUT2D eigenvalue weighted by molar-refractivity contribution is 8.17. The number of hydrogen-bond donors (Lipinski definition) is 0. The summed E-state index contributed by atoms with van der Waals surface area (Å²) in [7, 11) is 0. The maximum absolute atomic E-state index is 14.0. The summed E-state index contributed by atoms with van der Waals surface area (Å²) in [5.41, 5.74) is 8.71. The van der Waals surface area contributed by atoms with Crippen LogP contribution in [0.5, 0.6) is 0 Å². The second-order valence-electron chi connectivity index (χ2n) is 12.4. The highest BCUT2D eigenvalue weighted by atomic mass is 32.2. The molecule has 0 radical (unpaired) electrons. The first-order chi connectivity index (χ1) is 21.8. The predicted molar refractivity (Wildman–Crippen MR) is 187 cm³/mol. The number of benzene rings is 5. The molecule has 222 valence electrons. The van der Waals surface area contributed by atoms with Gasteiger partial charge in [-0.2, -0.15) is 10.2 Å². The van der Waals surface area contributed by atoms with Crippen LogP contribution in [0.4, 0.5) is 11.4 Å². The van der Waals surface area contributed by atoms with Crippen LogP contribution in [0.3, 0.4) is 0 Å². The number of para-hydroxylation sites is 1. The molecule has 0 amide bonds. The van der Waals surface area contributed by atoms with Crippen LogP contribution in [0.1, 0.15) is 58.9 Å². The molecular formula is C39H34N4OS. The average molecular weight is 607 g/mol. The van der Waals surface area contributed by atoms with E-state index in [4.69, 9.17) is 10.2 Å². The smallest absolute Gasteiger partial charge is 0.234 e. The van der Waals surface area contributed by atoms with Crippen molar-refractivity contribution in [3.63, 3.8) is 0 Å². The van der Waals surface area contributed by atoms with Gasteiger partial charge in [0.05, 0.1) is 17.1 Å². The van der Waals surface area contributed by atoms with Gasteiger partial charge in [0.2, 0.25) is 10.8 Å². The van der Waals surface area contributed by atoms with Crippen LogP contribution in [-0.4, -0.2) is 16.5 Å². The minimum absolute atomic E-state index is 0.0407. The van der Waals surface area contributed by atoms with E-state index in [0.29, 0.717) is 10.6 Å². The molecule has 5 nitrogen and oxygen atoms in total. The van der Waals surface area contributed by atoms with Crippen LogP contribution in [0, 0.1) is 6.92 Å². The molecular weight excluding hydrogens is 573 g/mol. The maximum atomic E-state index is 14.0. The minimum atomic E-state index is -1.01. The SMILES string of the molecule is Cc1ccc(N2N=C(C(=O)c3ccccc3)S[C@@]23c2ccccc2C(c2ccc(C(C)(C)C)cc2)=NN3c2ccccc2)cc1. The largest absolute Gasteiger partial charge is 0.286 e. The number of anilines is 2. The average Bonchev–Trinajstić information content (AvgIpc) is 3.46. The second kappa shape index (κ2) is 11.2. The number of hydrazone groups is 2. The van der Waals surface area contributed by atoms with E-state index in [0.717, 1.165) is 39.3 Å². The molecule has 2 aliphatic heterocycles. The van der Waals surface area contributed by atoms with Gasteiger partial charge >= 0.3 is 0 Å². The molecule has 1 spiro atoms. The molecule has 0 bridgehead atoms. The number of nitrogens with zero attached hydrogens (tertiary/aromatic N) is 4. The van der Waals surface area contributed by atoms with Gasteiger partial charge in [-0.15, -0.1) is 0 Å². The van der Waals surface area contributed by atoms with Crippen LogP contribution in [0.25, 0.3) is 0 Å². The fourth-order valence-electron chi connectivity index (χ4n) is 5.84. The number of fused-ring (bicyclic) bond motifs is 2. The Kier molecular flexibility index (Phi) is 7.17. The van der Waals surface area contributed by atoms with Crippen LogP contribution in [-0.2, 0) is 10.4 Å². The van der Waals surface area contributed by atoms with Crippen molar-refractivity contribution in [3.8, 4) is 0 Å². The highest BCUT2D eigenvalue weighted by Gasteiger charge is 2.56. The Bertz CT molecular complexity index is 1930. The first-order valence-corrected chi connectivity index (χ1v) is 16.0. The lowest BCUT2D eigenvalue weighted by Gasteiger charge is -2.47. The number of aryl methyl sites for hydroxylation is 1. The normalized spacial score (nSPS) is 17.6. The fraction of sp³-hybridized carbons (Fsp3) is 0.154. The zero-order chi connectivity index (χ0) is 31.2. The van der Waals surface area contributed by atoms with E-state index < -0.39 is 4.99 Å². The third-order valence-corrected chi connectivity index (χ3v) is 9.58. The summed E-state index contributed by atoms with van der Waals surface area (Å²) in [5.74, 6) is -0.118. The van der Waals surface area contributed by atoms with Gasteiger partial charge < -0.3 is 0 Å². The summed E-state index contributed by atoms with van der Waals surface area (Å²) in [5, 5.41) is 15.0. The van der Waals surface area contributed by atoms with Gasteiger partial charge in [0.1, 0.15) is 0 Å². The Morgan fingerprint density at radius 2 is 1.24 bits per heavy atom. The lowest BCUT2D eigenvalue weighted by molar-refractivity contribution is 0.106. The number of rotatable bonds is 5. The lowest BCUT2D eigenvalue weighted by atomic mass is 9.85. The van der Waals surface area contributed by atoms with E-state index >= 15 is 0 Å². The van der Waals surface area contributed by atoms with Crippen LogP contribution >= 0.6 is 11.8 Å². The predicted octanol–water partition coefficient (Wildman–Crippen LogP) is 9.13. The Balaban J connectivity index is 1.47. The van der Waals surface area contributed by atoms with Gasteiger partial charge in [0.15, 0.2) is 5.04 Å². The summed E-state index contributed by atoms with van der Waals surface area (Å²) in [4.78, 5) is 13.0. The molecule has 0 N–H and O–H groups in total. The van der Waals surface area contributed by atoms with Crippen molar-refractivity contribution in [1.29, 1.82) is 0 Å². The number of Topliss-reactive ketones (excluding diaryl/α,β-unsaturated/α-hetero) is 1. The monoisotopic (exact) mass is 606 g/mol. The topological polar surface area (TPSA) is 48.3 Å². The van der Waals surface area contributed by atoms with Crippen molar-refractivity contribution in [2.75, 3.05) is 10.0 Å². The molecule has 0 aromatic heterocycles. The summed E-state index contributed by atoms with van der Waals surface area (Å²) >= 11 is 1.44. The molecule has 1 atom stereocenters. The molecule has 0 saturated heterocycles. The van der Waals surface area contributed by atoms with E-state index in [1.165, 1.54) is 17.3 Å². The number of carbonyl (C=O) groups excluding carboxylic acids is 1. The molecule has 7 rings (SSSR count). The summed E-state index contributed by atoms with van der Waals surface area (Å²) in [6, 6.07) is 44.9. The van der Waals surface area contributed by atoms with Crippen molar-refractivity contribution in [1.82, 2.24) is 0 Å². The summed E-state index contributed by atoms with van der Waals surface area (Å²) < 4.78 is 0. The molecule has 5 aromatic carbocycles. The van der Waals surface area contributed by atoms with Gasteiger partial charge in [-0.3, -0.25) is 4.79 Å². The van der Waals surface area contributed by atoms with E-state index in [1.807, 2.05) is 58.5 Å². The Labute approximate surface area is 268 Å². The van der Waals surface area contributed by atoms with Gasteiger partial charge in [-0.1, -0.05) is 136 Å². The van der Waals surface area contributed by atoms with Crippen molar-refractivity contribution >= 4 is 39.7 Å². The molecule has 0 unspecified atom stereocenters. The second-order valence-corrected chi connectivity index (χ2v) is 13.6. The number of hydrogen-bond acceptors (Lipinski definition) is 6. The third-order valence-electron chi connectivity index (χ3n) is 8.27. The van der Waals surface area contributed by atoms with Crippen LogP contribution in [0.15, 0.2) is 144 Å². The summed E-state index contributed by atoms with van der Waals surface area (Å²) in [6.07, 6.45) is 0. The third kappa shape index (κ3) is 5.05. The molecule has 0 fully saturated rings. The van der Waals surface area contributed by atoms with E-state index in [1.54, 1.807) is 0 Å². The molecule has 0 aliphatic carbocycles. The minimum Gasteiger partial charge on any atom is -0.286 e. The van der Waals surface area contributed by atoms with Crippen molar-refractivity contribution < 1.29 is 4.79 Å². The number of ketones is 1. The van der Waals surface area contributed by atoms with Crippen molar-refractivity contribution in [2.45, 2.75) is 38.1 Å². The first kappa shape index (κ1) is 28.8. The van der Waals surface area contributed by atoms with E-state index in [9.17, 15) is 4.79 Å². The van der Waals surface area contributed by atoms with Crippen molar-refractivity contribution in [2.24, 2.45) is 10.2 Å². The molecule has 2 aliphatic rings. The van der Waals surface area contributed by atoms with Gasteiger partial charge in [-0.05, 0) is 53.9 Å². The number of carbonyl (C=O) groups is 1. The zero-order valence-corrected chi connectivity index (χ0v) is 26.6.